The maximum absolute atomic E-state index is 13.2. The molecule has 150 valence electrons. The van der Waals surface area contributed by atoms with Gasteiger partial charge in [0, 0.05) is 22.9 Å². The summed E-state index contributed by atoms with van der Waals surface area (Å²) in [4.78, 5) is 33.6. The molecule has 4 aliphatic rings. The third-order valence-corrected chi connectivity index (χ3v) is 6.82. The summed E-state index contributed by atoms with van der Waals surface area (Å²) >= 11 is 0. The average Bonchev–Trinajstić information content (AvgIpc) is 3.39. The standard InChI is InChI=1S/C22H23N3O4/c1-22(2,3)25-20(26)15-12-10-13(16(15)21(25)27)19-17(12)18(24-29-19)11-6-4-5-7-14(11)28-9-8-23/h4-7,12-13,15-17,19H,9-10H2,1-3H3/t12-,13+,15+,16-,17+,19+/m0/s1. The number of carbonyl (C=O) groups excluding carboxylic acids is 2. The Morgan fingerprint density at radius 1 is 1.17 bits per heavy atom. The molecule has 29 heavy (non-hydrogen) atoms. The topological polar surface area (TPSA) is 92.0 Å². The van der Waals surface area contributed by atoms with Crippen LogP contribution in [0.3, 0.4) is 0 Å². The third-order valence-electron chi connectivity index (χ3n) is 6.82. The van der Waals surface area contributed by atoms with E-state index in [0.717, 1.165) is 17.7 Å². The van der Waals surface area contributed by atoms with Crippen molar-refractivity contribution in [2.24, 2.45) is 34.7 Å². The fraction of sp³-hybridized carbons (Fsp3) is 0.545. The Balaban J connectivity index is 1.49. The molecule has 7 heteroatoms. The zero-order valence-electron chi connectivity index (χ0n) is 16.7. The highest BCUT2D eigenvalue weighted by Gasteiger charge is 2.71. The van der Waals surface area contributed by atoms with Crippen molar-refractivity contribution < 1.29 is 19.2 Å². The number of nitriles is 1. The summed E-state index contributed by atoms with van der Waals surface area (Å²) in [6.45, 7) is 5.65. The van der Waals surface area contributed by atoms with E-state index in [0.29, 0.717) is 5.75 Å². The molecule has 0 unspecified atom stereocenters. The minimum atomic E-state index is -0.525. The number of hydrogen-bond acceptors (Lipinski definition) is 6. The van der Waals surface area contributed by atoms with E-state index in [9.17, 15) is 9.59 Å². The largest absolute Gasteiger partial charge is 0.478 e. The van der Waals surface area contributed by atoms with E-state index in [1.807, 2.05) is 51.1 Å². The Labute approximate surface area is 169 Å². The molecule has 1 saturated heterocycles. The Morgan fingerprint density at radius 3 is 2.55 bits per heavy atom. The molecular weight excluding hydrogens is 370 g/mol. The molecule has 2 aliphatic carbocycles. The van der Waals surface area contributed by atoms with Crippen LogP contribution in [0.15, 0.2) is 29.4 Å². The van der Waals surface area contributed by atoms with Crippen molar-refractivity contribution in [3.05, 3.63) is 29.8 Å². The fourth-order valence-electron chi connectivity index (χ4n) is 5.92. The van der Waals surface area contributed by atoms with Gasteiger partial charge < -0.3 is 9.57 Å². The van der Waals surface area contributed by atoms with Crippen LogP contribution in [0.4, 0.5) is 0 Å². The molecule has 2 saturated carbocycles. The molecule has 1 aromatic rings. The van der Waals surface area contributed by atoms with E-state index in [1.54, 1.807) is 0 Å². The van der Waals surface area contributed by atoms with Crippen LogP contribution in [0.5, 0.6) is 5.75 Å². The molecule has 0 spiro atoms. The van der Waals surface area contributed by atoms with Gasteiger partial charge in [0.15, 0.2) is 6.61 Å². The van der Waals surface area contributed by atoms with Crippen molar-refractivity contribution >= 4 is 17.5 Å². The molecular formula is C22H23N3O4. The summed E-state index contributed by atoms with van der Waals surface area (Å²) < 4.78 is 5.59. The van der Waals surface area contributed by atoms with E-state index in [2.05, 4.69) is 5.16 Å². The predicted octanol–water partition coefficient (Wildman–Crippen LogP) is 2.36. The van der Waals surface area contributed by atoms with Gasteiger partial charge in [-0.3, -0.25) is 14.5 Å². The molecule has 2 amide bonds. The zero-order valence-corrected chi connectivity index (χ0v) is 16.7. The van der Waals surface area contributed by atoms with Gasteiger partial charge in [-0.1, -0.05) is 17.3 Å². The summed E-state index contributed by atoms with van der Waals surface area (Å²) in [7, 11) is 0. The molecule has 3 fully saturated rings. The maximum Gasteiger partial charge on any atom is 0.234 e. The number of ether oxygens (including phenoxy) is 1. The summed E-state index contributed by atoms with van der Waals surface area (Å²) in [5.41, 5.74) is 1.04. The first-order valence-corrected chi connectivity index (χ1v) is 10.1. The van der Waals surface area contributed by atoms with Crippen molar-refractivity contribution in [3.63, 3.8) is 0 Å². The van der Waals surface area contributed by atoms with Crippen LogP contribution in [0.1, 0.15) is 32.8 Å². The summed E-state index contributed by atoms with van der Waals surface area (Å²) in [5, 5.41) is 13.2. The number of hydrogen-bond donors (Lipinski definition) is 0. The average molecular weight is 393 g/mol. The van der Waals surface area contributed by atoms with Crippen LogP contribution in [0, 0.1) is 40.9 Å². The number of carbonyl (C=O) groups is 2. The van der Waals surface area contributed by atoms with Crippen molar-refractivity contribution in [1.82, 2.24) is 4.90 Å². The van der Waals surface area contributed by atoms with E-state index in [1.165, 1.54) is 4.90 Å². The van der Waals surface area contributed by atoms with Crippen molar-refractivity contribution in [2.45, 2.75) is 38.8 Å². The van der Waals surface area contributed by atoms with E-state index < -0.39 is 5.54 Å². The Morgan fingerprint density at radius 2 is 1.86 bits per heavy atom. The van der Waals surface area contributed by atoms with Crippen molar-refractivity contribution in [1.29, 1.82) is 5.26 Å². The second kappa shape index (κ2) is 6.06. The number of para-hydroxylation sites is 1. The molecule has 1 aromatic carbocycles. The van der Waals surface area contributed by atoms with Gasteiger partial charge in [0.1, 0.15) is 17.9 Å². The number of oxime groups is 1. The van der Waals surface area contributed by atoms with Gasteiger partial charge >= 0.3 is 0 Å². The number of fused-ring (bicyclic) bond motifs is 8. The lowest BCUT2D eigenvalue weighted by atomic mass is 9.71. The Kier molecular flexibility index (Phi) is 3.79. The first kappa shape index (κ1) is 18.2. The molecule has 0 radical (unpaired) electrons. The molecule has 7 nitrogen and oxygen atoms in total. The SMILES string of the molecule is CC(C)(C)N1C(=O)[C@@H]2[C@@H]3C[C@@H]([C@H]4ON=C(c5ccccc5OCC#N)[C@@H]34)[C@@H]2C1=O. The lowest BCUT2D eigenvalue weighted by Crippen LogP contribution is -2.46. The van der Waals surface area contributed by atoms with E-state index in [-0.39, 0.29) is 54.1 Å². The third kappa shape index (κ3) is 2.38. The minimum Gasteiger partial charge on any atom is -0.478 e. The number of amides is 2. The molecule has 2 heterocycles. The lowest BCUT2D eigenvalue weighted by Gasteiger charge is -2.31. The van der Waals surface area contributed by atoms with Crippen molar-refractivity contribution in [2.75, 3.05) is 6.61 Å². The van der Waals surface area contributed by atoms with Crippen LogP contribution in [0.25, 0.3) is 0 Å². The lowest BCUT2D eigenvalue weighted by molar-refractivity contribution is -0.146. The summed E-state index contributed by atoms with van der Waals surface area (Å²) in [6.07, 6.45) is 0.623. The van der Waals surface area contributed by atoms with E-state index >= 15 is 0 Å². The molecule has 0 aromatic heterocycles. The van der Waals surface area contributed by atoms with Gasteiger partial charge in [-0.25, -0.2) is 0 Å². The van der Waals surface area contributed by atoms with Crippen LogP contribution in [0.2, 0.25) is 0 Å². The number of likely N-dealkylation sites (tertiary alicyclic amines) is 1. The Hall–Kier alpha value is -2.88. The predicted molar refractivity (Wildman–Crippen MR) is 103 cm³/mol. The summed E-state index contributed by atoms with van der Waals surface area (Å²) in [5.74, 6) is -0.130. The van der Waals surface area contributed by atoms with Gasteiger partial charge in [0.2, 0.25) is 11.8 Å². The van der Waals surface area contributed by atoms with Crippen LogP contribution < -0.4 is 4.74 Å². The minimum absolute atomic E-state index is 0.00670. The maximum atomic E-state index is 13.2. The van der Waals surface area contributed by atoms with Gasteiger partial charge in [-0.2, -0.15) is 5.26 Å². The summed E-state index contributed by atoms with van der Waals surface area (Å²) in [6, 6.07) is 9.45. The van der Waals surface area contributed by atoms with Crippen molar-refractivity contribution in [3.8, 4) is 11.8 Å². The highest BCUT2D eigenvalue weighted by Crippen LogP contribution is 2.62. The van der Waals surface area contributed by atoms with Crippen LogP contribution >= 0.6 is 0 Å². The molecule has 6 atom stereocenters. The normalized spacial score (nSPS) is 34.6. The first-order valence-electron chi connectivity index (χ1n) is 10.1. The molecule has 5 rings (SSSR count). The highest BCUT2D eigenvalue weighted by atomic mass is 16.6. The zero-order chi connectivity index (χ0) is 20.5. The van der Waals surface area contributed by atoms with Crippen LogP contribution in [-0.2, 0) is 14.4 Å². The fourth-order valence-corrected chi connectivity index (χ4v) is 5.92. The van der Waals surface area contributed by atoms with Gasteiger partial charge in [-0.15, -0.1) is 0 Å². The Bertz CT molecular complexity index is 973. The number of nitrogens with zero attached hydrogens (tertiary/aromatic N) is 3. The molecule has 0 N–H and O–H groups in total. The molecule has 2 aliphatic heterocycles. The number of rotatable bonds is 3. The van der Waals surface area contributed by atoms with Gasteiger partial charge in [-0.05, 0) is 45.2 Å². The highest BCUT2D eigenvalue weighted by molar-refractivity contribution is 6.10. The second-order valence-corrected chi connectivity index (χ2v) is 9.31. The first-order chi connectivity index (χ1) is 13.8. The number of benzene rings is 1. The van der Waals surface area contributed by atoms with E-state index in [4.69, 9.17) is 14.8 Å². The quantitative estimate of drug-likeness (QED) is 0.735. The number of imide groups is 1. The smallest absolute Gasteiger partial charge is 0.234 e. The van der Waals surface area contributed by atoms with Gasteiger partial charge in [0.25, 0.3) is 0 Å². The van der Waals surface area contributed by atoms with Crippen LogP contribution in [-0.4, -0.2) is 40.7 Å². The second-order valence-electron chi connectivity index (χ2n) is 9.31. The monoisotopic (exact) mass is 393 g/mol. The molecule has 2 bridgehead atoms. The van der Waals surface area contributed by atoms with Gasteiger partial charge in [0.05, 0.1) is 17.5 Å².